The van der Waals surface area contributed by atoms with Crippen LogP contribution in [0.25, 0.3) is 11.0 Å². The molecule has 0 atom stereocenters. The van der Waals surface area contributed by atoms with Gasteiger partial charge in [-0.1, -0.05) is 24.3 Å². The summed E-state index contributed by atoms with van der Waals surface area (Å²) in [4.78, 5) is 9.00. The highest BCUT2D eigenvalue weighted by Crippen LogP contribution is 2.33. The molecule has 1 aliphatic rings. The first-order chi connectivity index (χ1) is 9.31. The van der Waals surface area contributed by atoms with Crippen LogP contribution in [0.5, 0.6) is 0 Å². The van der Waals surface area contributed by atoms with Crippen molar-refractivity contribution in [2.24, 2.45) is 0 Å². The van der Waals surface area contributed by atoms with E-state index in [0.717, 1.165) is 29.7 Å². The lowest BCUT2D eigenvalue weighted by atomic mass is 10.1. The highest BCUT2D eigenvalue weighted by molar-refractivity contribution is 5.85. The molecule has 3 aromatic rings. The lowest BCUT2D eigenvalue weighted by molar-refractivity contribution is 0.687. The fourth-order valence-electron chi connectivity index (χ4n) is 2.80. The zero-order valence-corrected chi connectivity index (χ0v) is 11.5. The monoisotopic (exact) mass is 287 g/mol. The summed E-state index contributed by atoms with van der Waals surface area (Å²) in [6, 6.07) is 8.50. The predicted octanol–water partition coefficient (Wildman–Crippen LogP) is 2.24. The Morgan fingerprint density at radius 1 is 1.10 bits per heavy atom. The van der Waals surface area contributed by atoms with Gasteiger partial charge >= 0.3 is 0 Å². The molecular formula is C14H14ClN5. The molecule has 0 radical (unpaired) electrons. The summed E-state index contributed by atoms with van der Waals surface area (Å²) in [5, 5.41) is 7.62. The minimum absolute atomic E-state index is 0. The molecule has 1 aromatic carbocycles. The van der Waals surface area contributed by atoms with Crippen LogP contribution in [0.15, 0.2) is 30.5 Å². The lowest BCUT2D eigenvalue weighted by Gasteiger charge is -2.08. The number of nitrogen functional groups attached to an aromatic ring is 1. The molecule has 0 unspecified atom stereocenters. The number of rotatable bonds is 1. The van der Waals surface area contributed by atoms with Crippen LogP contribution >= 0.6 is 12.4 Å². The number of nitrogens with zero attached hydrogens (tertiary/aromatic N) is 3. The largest absolute Gasteiger partial charge is 0.383 e. The van der Waals surface area contributed by atoms with Crippen LogP contribution < -0.4 is 5.73 Å². The quantitative estimate of drug-likeness (QED) is 0.719. The number of aromatic nitrogens is 4. The number of nitrogens with one attached hydrogen (secondary N) is 1. The summed E-state index contributed by atoms with van der Waals surface area (Å²) in [5.74, 6) is 1.63. The van der Waals surface area contributed by atoms with E-state index in [1.165, 1.54) is 11.1 Å². The van der Waals surface area contributed by atoms with Gasteiger partial charge in [0.1, 0.15) is 11.6 Å². The van der Waals surface area contributed by atoms with E-state index >= 15 is 0 Å². The molecule has 0 spiro atoms. The molecule has 0 aliphatic heterocycles. The Hall–Kier alpha value is -2.14. The standard InChI is InChI=1S/C14H13N5.ClH/c15-12-11-7-16-19-14(11)18-13(17-12)10-5-8-3-1-2-4-9(8)6-10;/h1-4,7,10H,5-6H2,(H3,15,16,17,18,19);1H. The summed E-state index contributed by atoms with van der Waals surface area (Å²) >= 11 is 0. The Morgan fingerprint density at radius 3 is 2.50 bits per heavy atom. The summed E-state index contributed by atoms with van der Waals surface area (Å²) < 4.78 is 0. The Morgan fingerprint density at radius 2 is 1.80 bits per heavy atom. The minimum atomic E-state index is 0. The molecule has 0 fully saturated rings. The second kappa shape index (κ2) is 4.76. The lowest BCUT2D eigenvalue weighted by Crippen LogP contribution is -2.07. The van der Waals surface area contributed by atoms with Gasteiger partial charge in [0, 0.05) is 5.92 Å². The van der Waals surface area contributed by atoms with Gasteiger partial charge in [-0.2, -0.15) is 5.10 Å². The number of hydrogen-bond acceptors (Lipinski definition) is 4. The van der Waals surface area contributed by atoms with Crippen molar-refractivity contribution in [3.05, 3.63) is 47.4 Å². The molecule has 3 N–H and O–H groups in total. The molecule has 0 amide bonds. The molecule has 5 nitrogen and oxygen atoms in total. The number of nitrogens with two attached hydrogens (primary N) is 1. The number of halogens is 1. The van der Waals surface area contributed by atoms with Gasteiger partial charge in [0.15, 0.2) is 5.65 Å². The number of aromatic amines is 1. The van der Waals surface area contributed by atoms with Gasteiger partial charge in [-0.05, 0) is 24.0 Å². The number of fused-ring (bicyclic) bond motifs is 2. The van der Waals surface area contributed by atoms with Crippen LogP contribution in [0.3, 0.4) is 0 Å². The second-order valence-electron chi connectivity index (χ2n) is 4.97. The summed E-state index contributed by atoms with van der Waals surface area (Å²) in [6.07, 6.45) is 3.63. The third kappa shape index (κ3) is 1.91. The Balaban J connectivity index is 0.00000121. The van der Waals surface area contributed by atoms with Gasteiger partial charge in [0.2, 0.25) is 0 Å². The Bertz CT molecular complexity index is 742. The molecule has 6 heteroatoms. The van der Waals surface area contributed by atoms with Crippen LogP contribution in [-0.2, 0) is 12.8 Å². The minimum Gasteiger partial charge on any atom is -0.383 e. The van der Waals surface area contributed by atoms with Crippen molar-refractivity contribution in [1.82, 2.24) is 20.2 Å². The third-order valence-electron chi connectivity index (χ3n) is 3.77. The third-order valence-corrected chi connectivity index (χ3v) is 3.77. The van der Waals surface area contributed by atoms with Crippen LogP contribution in [-0.4, -0.2) is 20.2 Å². The maximum Gasteiger partial charge on any atom is 0.161 e. The topological polar surface area (TPSA) is 80.5 Å². The molecule has 1 aliphatic carbocycles. The predicted molar refractivity (Wildman–Crippen MR) is 79.9 cm³/mol. The van der Waals surface area contributed by atoms with Crippen molar-refractivity contribution in [3.8, 4) is 0 Å². The normalized spacial score (nSPS) is 14.2. The first-order valence-electron chi connectivity index (χ1n) is 6.34. The van der Waals surface area contributed by atoms with Crippen molar-refractivity contribution in [2.75, 3.05) is 5.73 Å². The van der Waals surface area contributed by atoms with Crippen LogP contribution in [0.1, 0.15) is 22.9 Å². The van der Waals surface area contributed by atoms with Gasteiger partial charge in [-0.15, -0.1) is 12.4 Å². The van der Waals surface area contributed by atoms with E-state index in [2.05, 4.69) is 44.4 Å². The summed E-state index contributed by atoms with van der Waals surface area (Å²) in [7, 11) is 0. The molecule has 0 saturated heterocycles. The summed E-state index contributed by atoms with van der Waals surface area (Å²) in [5.41, 5.74) is 9.46. The molecule has 102 valence electrons. The molecule has 4 rings (SSSR count). The van der Waals surface area contributed by atoms with Gasteiger partial charge < -0.3 is 5.73 Å². The Kier molecular flexibility index (Phi) is 3.06. The molecule has 0 saturated carbocycles. The maximum absolute atomic E-state index is 5.96. The van der Waals surface area contributed by atoms with E-state index in [4.69, 9.17) is 5.73 Å². The second-order valence-corrected chi connectivity index (χ2v) is 4.97. The average Bonchev–Trinajstić information content (AvgIpc) is 3.04. The molecule has 20 heavy (non-hydrogen) atoms. The van der Waals surface area contributed by atoms with Crippen molar-refractivity contribution in [1.29, 1.82) is 0 Å². The van der Waals surface area contributed by atoms with Crippen molar-refractivity contribution < 1.29 is 0 Å². The molecule has 2 heterocycles. The number of H-pyrrole nitrogens is 1. The van der Waals surface area contributed by atoms with Crippen LogP contribution in [0, 0.1) is 0 Å². The SMILES string of the molecule is Cl.Nc1nc(C2Cc3ccccc3C2)nc2[nH]ncc12. The van der Waals surface area contributed by atoms with Crippen molar-refractivity contribution >= 4 is 29.3 Å². The maximum atomic E-state index is 5.96. The highest BCUT2D eigenvalue weighted by Gasteiger charge is 2.25. The number of anilines is 1. The number of benzene rings is 1. The molecular weight excluding hydrogens is 274 g/mol. The van der Waals surface area contributed by atoms with Crippen LogP contribution in [0.2, 0.25) is 0 Å². The van der Waals surface area contributed by atoms with E-state index in [-0.39, 0.29) is 12.4 Å². The fraction of sp³-hybridized carbons (Fsp3) is 0.214. The Labute approximate surface area is 122 Å². The number of hydrogen-bond donors (Lipinski definition) is 2. The van der Waals surface area contributed by atoms with Crippen LogP contribution in [0.4, 0.5) is 5.82 Å². The first kappa shape index (κ1) is 12.9. The smallest absolute Gasteiger partial charge is 0.161 e. The fourth-order valence-corrected chi connectivity index (χ4v) is 2.80. The highest BCUT2D eigenvalue weighted by atomic mass is 35.5. The van der Waals surface area contributed by atoms with E-state index in [9.17, 15) is 0 Å². The van der Waals surface area contributed by atoms with Gasteiger partial charge in [0.05, 0.1) is 11.6 Å². The van der Waals surface area contributed by atoms with Gasteiger partial charge in [-0.25, -0.2) is 9.97 Å². The van der Waals surface area contributed by atoms with Gasteiger partial charge in [0.25, 0.3) is 0 Å². The summed E-state index contributed by atoms with van der Waals surface area (Å²) in [6.45, 7) is 0. The zero-order valence-electron chi connectivity index (χ0n) is 10.7. The molecule has 0 bridgehead atoms. The molecule has 2 aromatic heterocycles. The van der Waals surface area contributed by atoms with E-state index < -0.39 is 0 Å². The van der Waals surface area contributed by atoms with E-state index in [1.807, 2.05) is 0 Å². The van der Waals surface area contributed by atoms with Crippen molar-refractivity contribution in [2.45, 2.75) is 18.8 Å². The van der Waals surface area contributed by atoms with Crippen molar-refractivity contribution in [3.63, 3.8) is 0 Å². The van der Waals surface area contributed by atoms with Gasteiger partial charge in [-0.3, -0.25) is 5.10 Å². The zero-order chi connectivity index (χ0) is 12.8. The van der Waals surface area contributed by atoms with E-state index in [0.29, 0.717) is 11.7 Å². The first-order valence-corrected chi connectivity index (χ1v) is 6.34. The van der Waals surface area contributed by atoms with E-state index in [1.54, 1.807) is 6.20 Å². The average molecular weight is 288 g/mol.